The number of nitrogens with zero attached hydrogens (tertiary/aromatic N) is 2. The number of anilines is 3. The predicted molar refractivity (Wildman–Crippen MR) is 103 cm³/mol. The van der Waals surface area contributed by atoms with Gasteiger partial charge < -0.3 is 15.5 Å². The molecule has 1 aromatic carbocycles. The van der Waals surface area contributed by atoms with Gasteiger partial charge in [0, 0.05) is 37.6 Å². The lowest BCUT2D eigenvalue weighted by Gasteiger charge is -2.31. The van der Waals surface area contributed by atoms with Gasteiger partial charge in [-0.05, 0) is 49.1 Å². The van der Waals surface area contributed by atoms with Crippen molar-refractivity contribution in [3.63, 3.8) is 0 Å². The van der Waals surface area contributed by atoms with E-state index in [1.807, 2.05) is 35.2 Å². The van der Waals surface area contributed by atoms with Gasteiger partial charge in [0.05, 0.1) is 17.4 Å². The van der Waals surface area contributed by atoms with Gasteiger partial charge in [0.15, 0.2) is 0 Å². The molecular weight excluding hydrogens is 328 g/mol. The normalized spacial score (nSPS) is 16.8. The number of rotatable bonds is 4. The van der Waals surface area contributed by atoms with Crippen molar-refractivity contribution in [1.29, 1.82) is 0 Å². The first-order valence-electron chi connectivity index (χ1n) is 8.90. The fourth-order valence-electron chi connectivity index (χ4n) is 3.19. The van der Waals surface area contributed by atoms with Crippen LogP contribution in [0, 0.1) is 5.92 Å². The molecule has 1 saturated heterocycles. The molecule has 1 aromatic heterocycles. The maximum atomic E-state index is 12.7. The predicted octanol–water partition coefficient (Wildman–Crippen LogP) is 3.66. The fraction of sp³-hybridized carbons (Fsp3) is 0.350. The molecule has 2 heterocycles. The van der Waals surface area contributed by atoms with Crippen molar-refractivity contribution in [3.05, 3.63) is 48.3 Å². The molecule has 26 heavy (non-hydrogen) atoms. The van der Waals surface area contributed by atoms with Crippen LogP contribution in [0.25, 0.3) is 0 Å². The van der Waals surface area contributed by atoms with Crippen LogP contribution in [0.1, 0.15) is 37.0 Å². The summed E-state index contributed by atoms with van der Waals surface area (Å²) in [6.45, 7) is 5.27. The van der Waals surface area contributed by atoms with Crippen molar-refractivity contribution in [1.82, 2.24) is 9.88 Å². The second-order valence-corrected chi connectivity index (χ2v) is 6.84. The topological polar surface area (TPSA) is 74.3 Å². The molecule has 1 unspecified atom stereocenters. The first-order chi connectivity index (χ1) is 12.5. The van der Waals surface area contributed by atoms with Crippen molar-refractivity contribution in [2.75, 3.05) is 23.7 Å². The van der Waals surface area contributed by atoms with Gasteiger partial charge in [-0.15, -0.1) is 0 Å². The van der Waals surface area contributed by atoms with Crippen molar-refractivity contribution in [3.8, 4) is 0 Å². The van der Waals surface area contributed by atoms with E-state index >= 15 is 0 Å². The number of nitrogens with one attached hydrogen (secondary N) is 2. The van der Waals surface area contributed by atoms with Crippen LogP contribution >= 0.6 is 0 Å². The van der Waals surface area contributed by atoms with Gasteiger partial charge in [0.25, 0.3) is 5.91 Å². The molecule has 0 bridgehead atoms. The van der Waals surface area contributed by atoms with Crippen LogP contribution in [0.4, 0.5) is 17.1 Å². The lowest BCUT2D eigenvalue weighted by atomic mass is 10.00. The molecule has 3 rings (SSSR count). The summed E-state index contributed by atoms with van der Waals surface area (Å²) in [5, 5.41) is 5.98. The fourth-order valence-corrected chi connectivity index (χ4v) is 3.19. The Hall–Kier alpha value is -2.89. The Balaban J connectivity index is 1.69. The molecule has 1 aliphatic rings. The zero-order valence-electron chi connectivity index (χ0n) is 15.2. The smallest absolute Gasteiger partial charge is 0.255 e. The number of hydrogen-bond donors (Lipinski definition) is 2. The van der Waals surface area contributed by atoms with Gasteiger partial charge in [-0.25, -0.2) is 0 Å². The van der Waals surface area contributed by atoms with E-state index in [0.717, 1.165) is 36.6 Å². The average molecular weight is 352 g/mol. The zero-order chi connectivity index (χ0) is 18.5. The molecule has 6 heteroatoms. The highest BCUT2D eigenvalue weighted by Gasteiger charge is 2.22. The Labute approximate surface area is 153 Å². The van der Waals surface area contributed by atoms with Crippen molar-refractivity contribution in [2.24, 2.45) is 5.92 Å². The molecule has 2 aromatic rings. The van der Waals surface area contributed by atoms with E-state index in [-0.39, 0.29) is 11.8 Å². The maximum Gasteiger partial charge on any atom is 0.255 e. The van der Waals surface area contributed by atoms with Crippen LogP contribution in [-0.4, -0.2) is 34.8 Å². The SMILES string of the molecule is CC(=O)Nc1ccc(Nc2cncc(C(=O)N3CCCC(C)C3)c2)cc1. The molecule has 1 aliphatic heterocycles. The lowest BCUT2D eigenvalue weighted by molar-refractivity contribution is -0.114. The summed E-state index contributed by atoms with van der Waals surface area (Å²) in [6, 6.07) is 9.21. The van der Waals surface area contributed by atoms with Gasteiger partial charge in [-0.1, -0.05) is 6.92 Å². The number of carbonyl (C=O) groups is 2. The van der Waals surface area contributed by atoms with E-state index < -0.39 is 0 Å². The highest BCUT2D eigenvalue weighted by Crippen LogP contribution is 2.21. The van der Waals surface area contributed by atoms with E-state index in [1.165, 1.54) is 13.3 Å². The average Bonchev–Trinajstić information content (AvgIpc) is 2.62. The standard InChI is InChI=1S/C20H24N4O2/c1-14-4-3-9-24(13-14)20(26)16-10-19(12-21-11-16)23-18-7-5-17(6-8-18)22-15(2)25/h5-8,10-12,14,23H,3-4,9,13H2,1-2H3,(H,22,25). The molecule has 2 N–H and O–H groups in total. The number of likely N-dealkylation sites (tertiary alicyclic amines) is 1. The van der Waals surface area contributed by atoms with E-state index in [0.29, 0.717) is 11.5 Å². The highest BCUT2D eigenvalue weighted by molar-refractivity contribution is 5.95. The molecule has 136 valence electrons. The molecular formula is C20H24N4O2. The summed E-state index contributed by atoms with van der Waals surface area (Å²) >= 11 is 0. The quantitative estimate of drug-likeness (QED) is 0.881. The Morgan fingerprint density at radius 2 is 1.85 bits per heavy atom. The van der Waals surface area contributed by atoms with Gasteiger partial charge in [0.1, 0.15) is 0 Å². The van der Waals surface area contributed by atoms with E-state index in [1.54, 1.807) is 12.4 Å². The molecule has 1 atom stereocenters. The number of amides is 2. The maximum absolute atomic E-state index is 12.7. The van der Waals surface area contributed by atoms with Gasteiger partial charge in [-0.2, -0.15) is 0 Å². The van der Waals surface area contributed by atoms with Crippen molar-refractivity contribution in [2.45, 2.75) is 26.7 Å². The Bertz CT molecular complexity index is 789. The first kappa shape index (κ1) is 17.9. The Kier molecular flexibility index (Phi) is 5.51. The van der Waals surface area contributed by atoms with E-state index in [9.17, 15) is 9.59 Å². The largest absolute Gasteiger partial charge is 0.354 e. The minimum absolute atomic E-state index is 0.0358. The van der Waals surface area contributed by atoms with E-state index in [2.05, 4.69) is 22.5 Å². The highest BCUT2D eigenvalue weighted by atomic mass is 16.2. The number of aromatic nitrogens is 1. The van der Waals surface area contributed by atoms with E-state index in [4.69, 9.17) is 0 Å². The third-order valence-electron chi connectivity index (χ3n) is 4.42. The first-order valence-corrected chi connectivity index (χ1v) is 8.90. The summed E-state index contributed by atoms with van der Waals surface area (Å²) in [4.78, 5) is 29.9. The monoisotopic (exact) mass is 352 g/mol. The van der Waals surface area contributed by atoms with Crippen molar-refractivity contribution < 1.29 is 9.59 Å². The van der Waals surface area contributed by atoms with Gasteiger partial charge >= 0.3 is 0 Å². The minimum atomic E-state index is -0.104. The second kappa shape index (κ2) is 7.99. The summed E-state index contributed by atoms with van der Waals surface area (Å²) in [7, 11) is 0. The van der Waals surface area contributed by atoms with Crippen LogP contribution in [0.2, 0.25) is 0 Å². The van der Waals surface area contributed by atoms with Gasteiger partial charge in [-0.3, -0.25) is 14.6 Å². The number of carbonyl (C=O) groups excluding carboxylic acids is 2. The molecule has 0 aliphatic carbocycles. The molecule has 0 saturated carbocycles. The number of hydrogen-bond acceptors (Lipinski definition) is 4. The summed E-state index contributed by atoms with van der Waals surface area (Å²) in [5.41, 5.74) is 2.95. The molecule has 6 nitrogen and oxygen atoms in total. The minimum Gasteiger partial charge on any atom is -0.354 e. The second-order valence-electron chi connectivity index (χ2n) is 6.84. The number of pyridine rings is 1. The van der Waals surface area contributed by atoms with Crippen LogP contribution < -0.4 is 10.6 Å². The lowest BCUT2D eigenvalue weighted by Crippen LogP contribution is -2.39. The van der Waals surface area contributed by atoms with Gasteiger partial charge in [0.2, 0.25) is 5.91 Å². The van der Waals surface area contributed by atoms with Crippen LogP contribution in [0.3, 0.4) is 0 Å². The summed E-state index contributed by atoms with van der Waals surface area (Å²) in [5.74, 6) is 0.478. The molecule has 0 radical (unpaired) electrons. The third kappa shape index (κ3) is 4.59. The number of benzene rings is 1. The zero-order valence-corrected chi connectivity index (χ0v) is 15.2. The van der Waals surface area contributed by atoms with Crippen LogP contribution in [-0.2, 0) is 4.79 Å². The number of piperidine rings is 1. The van der Waals surface area contributed by atoms with Crippen LogP contribution in [0.15, 0.2) is 42.7 Å². The Morgan fingerprint density at radius 1 is 1.12 bits per heavy atom. The molecule has 1 fully saturated rings. The van der Waals surface area contributed by atoms with Crippen LogP contribution in [0.5, 0.6) is 0 Å². The third-order valence-corrected chi connectivity index (χ3v) is 4.42. The van der Waals surface area contributed by atoms with Crippen molar-refractivity contribution >= 4 is 28.9 Å². The molecule has 2 amide bonds. The molecule has 0 spiro atoms. The summed E-state index contributed by atoms with van der Waals surface area (Å²) in [6.07, 6.45) is 5.54. The summed E-state index contributed by atoms with van der Waals surface area (Å²) < 4.78 is 0. The Morgan fingerprint density at radius 3 is 2.54 bits per heavy atom.